The van der Waals surface area contributed by atoms with Crippen LogP contribution in [0, 0.1) is 0 Å². The van der Waals surface area contributed by atoms with E-state index in [1.165, 1.54) is 0 Å². The number of nitrogens with zero attached hydrogens (tertiary/aromatic N) is 1. The van der Waals surface area contributed by atoms with E-state index in [1.54, 1.807) is 25.3 Å². The Kier molecular flexibility index (Phi) is 4.42. The lowest BCUT2D eigenvalue weighted by molar-refractivity contribution is -0.00000435. The molecule has 1 N–H and O–H groups in total. The van der Waals surface area contributed by atoms with Crippen LogP contribution in [0.2, 0.25) is 0 Å². The third kappa shape index (κ3) is 2.89. The molecule has 1 rings (SSSR count). The molecule has 14 heavy (non-hydrogen) atoms. The van der Waals surface area contributed by atoms with Crippen molar-refractivity contribution in [2.75, 3.05) is 28.3 Å². The number of aromatic hydroxyl groups is 1. The summed E-state index contributed by atoms with van der Waals surface area (Å²) in [6.07, 6.45) is 0. The highest BCUT2D eigenvalue weighted by Crippen LogP contribution is 2.33. The molecule has 3 nitrogen and oxygen atoms in total. The number of hydrogen-bond donors (Lipinski definition) is 1. The van der Waals surface area contributed by atoms with Crippen LogP contribution in [-0.4, -0.2) is 33.4 Å². The topological polar surface area (TPSA) is 29.5 Å². The van der Waals surface area contributed by atoms with Gasteiger partial charge in [0, 0.05) is 6.07 Å². The van der Waals surface area contributed by atoms with E-state index in [4.69, 9.17) is 4.74 Å². The fraction of sp³-hybridized carbons (Fsp3) is 0.400. The van der Waals surface area contributed by atoms with Gasteiger partial charge in [0.25, 0.3) is 0 Å². The lowest BCUT2D eigenvalue weighted by atomic mass is 10.2. The van der Waals surface area contributed by atoms with Crippen LogP contribution in [0.3, 0.4) is 0 Å². The van der Waals surface area contributed by atoms with Crippen LogP contribution in [-0.2, 0) is 0 Å². The van der Waals surface area contributed by atoms with Crippen molar-refractivity contribution in [2.24, 2.45) is 0 Å². The summed E-state index contributed by atoms with van der Waals surface area (Å²) in [5, 5.41) is 9.33. The Morgan fingerprint density at radius 2 is 1.79 bits per heavy atom. The number of quaternary nitrogens is 1. The molecule has 1 aromatic carbocycles. The van der Waals surface area contributed by atoms with Crippen LogP contribution in [0.25, 0.3) is 0 Å². The van der Waals surface area contributed by atoms with Gasteiger partial charge in [-0.3, -0.25) is 4.48 Å². The zero-order valence-electron chi connectivity index (χ0n) is 8.91. The monoisotopic (exact) mass is 261 g/mol. The Balaban J connectivity index is 0.00000169. The fourth-order valence-electron chi connectivity index (χ4n) is 1.20. The van der Waals surface area contributed by atoms with E-state index in [0.717, 1.165) is 11.4 Å². The van der Waals surface area contributed by atoms with E-state index in [9.17, 15) is 5.11 Å². The van der Waals surface area contributed by atoms with Crippen molar-refractivity contribution < 1.29 is 26.8 Å². The van der Waals surface area contributed by atoms with E-state index in [2.05, 4.69) is 0 Å². The van der Waals surface area contributed by atoms with E-state index in [0.29, 0.717) is 4.48 Å². The quantitative estimate of drug-likeness (QED) is 0.664. The summed E-state index contributed by atoms with van der Waals surface area (Å²) >= 11 is 0. The Morgan fingerprint density at radius 1 is 1.21 bits per heavy atom. The van der Waals surface area contributed by atoms with E-state index in [1.807, 2.05) is 21.1 Å². The summed E-state index contributed by atoms with van der Waals surface area (Å²) in [5.74, 6) is 1.06. The molecule has 0 saturated heterocycles. The maximum Gasteiger partial charge on any atom is 0.179 e. The van der Waals surface area contributed by atoms with Crippen molar-refractivity contribution in [1.82, 2.24) is 4.48 Å². The Bertz CT molecular complexity index is 307. The minimum atomic E-state index is 0. The summed E-state index contributed by atoms with van der Waals surface area (Å²) in [7, 11) is 7.71. The summed E-state index contributed by atoms with van der Waals surface area (Å²) in [6, 6.07) is 5.12. The van der Waals surface area contributed by atoms with Crippen LogP contribution >= 0.6 is 0 Å². The van der Waals surface area contributed by atoms with Crippen LogP contribution in [0.1, 0.15) is 0 Å². The Hall–Kier alpha value is -0.740. The average Bonchev–Trinajstić information content (AvgIpc) is 2.03. The lowest BCUT2D eigenvalue weighted by Crippen LogP contribution is -3.00. The fourth-order valence-corrected chi connectivity index (χ4v) is 1.20. The van der Waals surface area contributed by atoms with Gasteiger partial charge in [0.2, 0.25) is 0 Å². The summed E-state index contributed by atoms with van der Waals surface area (Å²) in [5.41, 5.74) is 0.961. The SMILES string of the molecule is COc1ccc(O)cc1[N+](C)(C)C.[Br-]. The largest absolute Gasteiger partial charge is 1.00 e. The molecule has 0 unspecified atom stereocenters. The standard InChI is InChI=1S/C10H15NO2.BrH/c1-11(2,3)9-7-8(12)5-6-10(9)13-4;/h5-7H,1-4H3;1H. The molecule has 0 aromatic heterocycles. The highest BCUT2D eigenvalue weighted by Gasteiger charge is 2.18. The molecule has 0 spiro atoms. The second-order valence-electron chi connectivity index (χ2n) is 3.87. The molecule has 0 amide bonds. The molecule has 80 valence electrons. The van der Waals surface area contributed by atoms with Gasteiger partial charge in [0.05, 0.1) is 28.3 Å². The second kappa shape index (κ2) is 4.66. The Morgan fingerprint density at radius 3 is 2.21 bits per heavy atom. The number of rotatable bonds is 2. The van der Waals surface area contributed by atoms with Gasteiger partial charge in [-0.15, -0.1) is 0 Å². The summed E-state index contributed by atoms with van der Waals surface area (Å²) in [6.45, 7) is 0. The van der Waals surface area contributed by atoms with Gasteiger partial charge in [0.15, 0.2) is 11.4 Å². The maximum absolute atomic E-state index is 9.33. The van der Waals surface area contributed by atoms with Gasteiger partial charge in [0.1, 0.15) is 5.75 Å². The summed E-state index contributed by atoms with van der Waals surface area (Å²) < 4.78 is 5.82. The van der Waals surface area contributed by atoms with Crippen molar-refractivity contribution in [3.8, 4) is 11.5 Å². The van der Waals surface area contributed by atoms with Crippen LogP contribution < -0.4 is 26.2 Å². The number of halogens is 1. The molecule has 0 heterocycles. The molecule has 0 bridgehead atoms. The molecule has 0 aliphatic rings. The normalized spacial score (nSPS) is 10.6. The first-order valence-electron chi connectivity index (χ1n) is 4.14. The third-order valence-corrected chi connectivity index (χ3v) is 1.89. The van der Waals surface area contributed by atoms with Gasteiger partial charge in [-0.2, -0.15) is 0 Å². The number of methoxy groups -OCH3 is 1. The molecule has 4 heteroatoms. The minimum absolute atomic E-state index is 0. The van der Waals surface area contributed by atoms with Crippen LogP contribution in [0.15, 0.2) is 18.2 Å². The average molecular weight is 262 g/mol. The van der Waals surface area contributed by atoms with Gasteiger partial charge in [-0.1, -0.05) is 0 Å². The molecule has 0 aliphatic carbocycles. The molecular formula is C10H16BrNO2. The van der Waals surface area contributed by atoms with Crippen LogP contribution in [0.4, 0.5) is 5.69 Å². The molecule has 0 atom stereocenters. The highest BCUT2D eigenvalue weighted by atomic mass is 79.9. The van der Waals surface area contributed by atoms with Gasteiger partial charge >= 0.3 is 0 Å². The number of phenols is 1. The molecule has 0 saturated carbocycles. The maximum atomic E-state index is 9.33. The Labute approximate surface area is 95.3 Å². The molecule has 0 radical (unpaired) electrons. The van der Waals surface area contributed by atoms with E-state index >= 15 is 0 Å². The van der Waals surface area contributed by atoms with Gasteiger partial charge in [-0.05, 0) is 12.1 Å². The van der Waals surface area contributed by atoms with Crippen LogP contribution in [0.5, 0.6) is 11.5 Å². The van der Waals surface area contributed by atoms with Crippen molar-refractivity contribution in [3.05, 3.63) is 18.2 Å². The molecule has 0 fully saturated rings. The first kappa shape index (κ1) is 13.3. The van der Waals surface area contributed by atoms with E-state index in [-0.39, 0.29) is 22.7 Å². The first-order chi connectivity index (χ1) is 5.95. The number of ether oxygens (including phenoxy) is 1. The highest BCUT2D eigenvalue weighted by molar-refractivity contribution is 5.57. The van der Waals surface area contributed by atoms with Gasteiger partial charge in [-0.25, -0.2) is 0 Å². The second-order valence-corrected chi connectivity index (χ2v) is 3.87. The van der Waals surface area contributed by atoms with Crippen molar-refractivity contribution in [1.29, 1.82) is 0 Å². The number of phenolic OH excluding ortho intramolecular Hbond substituents is 1. The number of hydrogen-bond acceptors (Lipinski definition) is 2. The zero-order valence-corrected chi connectivity index (χ0v) is 10.5. The zero-order chi connectivity index (χ0) is 10.1. The van der Waals surface area contributed by atoms with Gasteiger partial charge < -0.3 is 26.8 Å². The third-order valence-electron chi connectivity index (χ3n) is 1.89. The molecule has 1 aromatic rings. The predicted octanol–water partition coefficient (Wildman–Crippen LogP) is -1.40. The first-order valence-corrected chi connectivity index (χ1v) is 4.14. The predicted molar refractivity (Wildman–Crippen MR) is 54.2 cm³/mol. The van der Waals surface area contributed by atoms with Crippen molar-refractivity contribution in [2.45, 2.75) is 0 Å². The number of benzene rings is 1. The lowest BCUT2D eigenvalue weighted by Gasteiger charge is -2.25. The van der Waals surface area contributed by atoms with E-state index < -0.39 is 0 Å². The minimum Gasteiger partial charge on any atom is -1.00 e. The van der Waals surface area contributed by atoms with Crippen molar-refractivity contribution >= 4 is 5.69 Å². The molecule has 0 aliphatic heterocycles. The molecular weight excluding hydrogens is 246 g/mol. The summed E-state index contributed by atoms with van der Waals surface area (Å²) in [4.78, 5) is 0. The smallest absolute Gasteiger partial charge is 0.179 e. The van der Waals surface area contributed by atoms with Crippen molar-refractivity contribution in [3.63, 3.8) is 0 Å².